The van der Waals surface area contributed by atoms with Gasteiger partial charge in [-0.05, 0) is 24.4 Å². The third kappa shape index (κ3) is 2.31. The molecule has 0 unspecified atom stereocenters. The van der Waals surface area contributed by atoms with Crippen molar-refractivity contribution in [1.82, 2.24) is 9.97 Å². The van der Waals surface area contributed by atoms with E-state index in [4.69, 9.17) is 40.7 Å². The third-order valence-corrected chi connectivity index (χ3v) is 3.21. The second-order valence-corrected chi connectivity index (χ2v) is 4.62. The topological polar surface area (TPSA) is 72.4 Å². The normalized spacial score (nSPS) is 10.1. The van der Waals surface area contributed by atoms with Crippen molar-refractivity contribution in [2.24, 2.45) is 0 Å². The Morgan fingerprint density at radius 3 is 2.56 bits per heavy atom. The van der Waals surface area contributed by atoms with Crippen LogP contribution in [0.4, 0.5) is 0 Å². The zero-order valence-electron chi connectivity index (χ0n) is 8.75. The minimum atomic E-state index is -0.540. The maximum Gasteiger partial charge on any atom is 0.270 e. The van der Waals surface area contributed by atoms with Crippen molar-refractivity contribution in [3.8, 4) is 17.3 Å². The highest BCUT2D eigenvalue weighted by molar-refractivity contribution is 7.71. The van der Waals surface area contributed by atoms with Crippen LogP contribution in [0.25, 0.3) is 11.3 Å². The van der Waals surface area contributed by atoms with Crippen molar-refractivity contribution in [3.05, 3.63) is 48.9 Å². The van der Waals surface area contributed by atoms with Crippen molar-refractivity contribution >= 4 is 35.4 Å². The molecule has 7 heteroatoms. The lowest BCUT2D eigenvalue weighted by atomic mass is 10.1. The maximum atomic E-state index is 11.6. The summed E-state index contributed by atoms with van der Waals surface area (Å²) in [7, 11) is 0. The molecule has 0 saturated heterocycles. The number of halogens is 2. The smallest absolute Gasteiger partial charge is 0.270 e. The summed E-state index contributed by atoms with van der Waals surface area (Å²) >= 11 is 16.6. The number of nitrogens with one attached hydrogen (secondary N) is 2. The summed E-state index contributed by atoms with van der Waals surface area (Å²) in [5.41, 5.74) is 0.298. The second-order valence-electron chi connectivity index (χ2n) is 3.40. The highest BCUT2D eigenvalue weighted by Gasteiger charge is 2.11. The fourth-order valence-electron chi connectivity index (χ4n) is 1.46. The van der Waals surface area contributed by atoms with E-state index in [9.17, 15) is 4.79 Å². The molecule has 2 N–H and O–H groups in total. The Labute approximate surface area is 117 Å². The average molecular weight is 298 g/mol. The zero-order chi connectivity index (χ0) is 13.3. The first-order valence-corrected chi connectivity index (χ1v) is 5.91. The van der Waals surface area contributed by atoms with E-state index >= 15 is 0 Å². The quantitative estimate of drug-likeness (QED) is 0.794. The van der Waals surface area contributed by atoms with Crippen LogP contribution in [0, 0.1) is 16.1 Å². The highest BCUT2D eigenvalue weighted by Crippen LogP contribution is 2.28. The fraction of sp³-hybridized carbons (Fsp3) is 0. The van der Waals surface area contributed by atoms with Crippen LogP contribution in [-0.2, 0) is 0 Å². The number of nitriles is 1. The van der Waals surface area contributed by atoms with E-state index in [2.05, 4.69) is 9.97 Å². The van der Waals surface area contributed by atoms with Crippen molar-refractivity contribution in [1.29, 1.82) is 5.26 Å². The summed E-state index contributed by atoms with van der Waals surface area (Å²) in [6, 6.07) is 6.62. The summed E-state index contributed by atoms with van der Waals surface area (Å²) in [4.78, 5) is 16.7. The molecule has 90 valence electrons. The molecule has 0 atom stereocenters. The van der Waals surface area contributed by atoms with Crippen LogP contribution >= 0.6 is 35.4 Å². The largest absolute Gasteiger partial charge is 0.331 e. The SMILES string of the molecule is N#Cc1c(-c2ccc(Cl)c(Cl)c2)[nH]c(=S)[nH]c1=O. The predicted octanol–water partition coefficient (Wildman–Crippen LogP) is 3.28. The van der Waals surface area contributed by atoms with E-state index in [-0.39, 0.29) is 10.3 Å². The molecule has 0 aliphatic carbocycles. The van der Waals surface area contributed by atoms with Crippen LogP contribution in [0.1, 0.15) is 5.56 Å². The lowest BCUT2D eigenvalue weighted by Crippen LogP contribution is -2.13. The van der Waals surface area contributed by atoms with Gasteiger partial charge in [-0.15, -0.1) is 0 Å². The van der Waals surface area contributed by atoms with Gasteiger partial charge in [-0.3, -0.25) is 9.78 Å². The molecule has 0 spiro atoms. The van der Waals surface area contributed by atoms with Gasteiger partial charge in [0.1, 0.15) is 11.6 Å². The first kappa shape index (κ1) is 12.8. The molecule has 0 fully saturated rings. The van der Waals surface area contributed by atoms with Crippen molar-refractivity contribution < 1.29 is 0 Å². The van der Waals surface area contributed by atoms with Crippen LogP contribution in [0.3, 0.4) is 0 Å². The molecule has 1 aromatic heterocycles. The number of benzene rings is 1. The van der Waals surface area contributed by atoms with Gasteiger partial charge in [0, 0.05) is 5.56 Å². The van der Waals surface area contributed by atoms with Gasteiger partial charge in [0.25, 0.3) is 5.56 Å². The van der Waals surface area contributed by atoms with Crippen molar-refractivity contribution in [2.75, 3.05) is 0 Å². The van der Waals surface area contributed by atoms with Gasteiger partial charge in [0.05, 0.1) is 15.7 Å². The molecule has 1 aromatic carbocycles. The fourth-order valence-corrected chi connectivity index (χ4v) is 1.95. The van der Waals surface area contributed by atoms with Crippen molar-refractivity contribution in [3.63, 3.8) is 0 Å². The summed E-state index contributed by atoms with van der Waals surface area (Å²) < 4.78 is 0.139. The van der Waals surface area contributed by atoms with Crippen molar-refractivity contribution in [2.45, 2.75) is 0 Å². The molecule has 0 aliphatic heterocycles. The standard InChI is InChI=1S/C11H5Cl2N3OS/c12-7-2-1-5(3-8(7)13)9-6(4-14)10(17)16-11(18)15-9/h1-3H,(H2,15,16,17,18). The molecular weight excluding hydrogens is 293 g/mol. The van der Waals surface area contributed by atoms with Gasteiger partial charge in [-0.1, -0.05) is 29.3 Å². The minimum Gasteiger partial charge on any atom is -0.331 e. The molecule has 0 bridgehead atoms. The predicted molar refractivity (Wildman–Crippen MR) is 72.4 cm³/mol. The number of aromatic nitrogens is 2. The monoisotopic (exact) mass is 297 g/mol. The number of nitrogens with zero attached hydrogens (tertiary/aromatic N) is 1. The summed E-state index contributed by atoms with van der Waals surface area (Å²) in [5.74, 6) is 0. The summed E-state index contributed by atoms with van der Waals surface area (Å²) in [5, 5.41) is 9.71. The highest BCUT2D eigenvalue weighted by atomic mass is 35.5. The molecule has 0 amide bonds. The summed E-state index contributed by atoms with van der Waals surface area (Å²) in [6.07, 6.45) is 0. The molecule has 0 radical (unpaired) electrons. The Bertz CT molecular complexity index is 773. The number of H-pyrrole nitrogens is 2. The summed E-state index contributed by atoms with van der Waals surface area (Å²) in [6.45, 7) is 0. The van der Waals surface area contributed by atoms with Gasteiger partial charge >= 0.3 is 0 Å². The van der Waals surface area contributed by atoms with E-state index in [0.717, 1.165) is 0 Å². The Morgan fingerprint density at radius 1 is 1.22 bits per heavy atom. The molecule has 0 saturated carbocycles. The lowest BCUT2D eigenvalue weighted by Gasteiger charge is -2.05. The van der Waals surface area contributed by atoms with Gasteiger partial charge in [0.15, 0.2) is 4.77 Å². The molecule has 2 rings (SSSR count). The second kappa shape index (κ2) is 4.94. The van der Waals surface area contributed by atoms with Gasteiger partial charge in [0.2, 0.25) is 0 Å². The van der Waals surface area contributed by atoms with E-state index in [0.29, 0.717) is 21.3 Å². The van der Waals surface area contributed by atoms with Crippen LogP contribution in [0.5, 0.6) is 0 Å². The number of hydrogen-bond acceptors (Lipinski definition) is 3. The molecule has 2 aromatic rings. The first-order chi connectivity index (χ1) is 8.52. The molecule has 4 nitrogen and oxygen atoms in total. The lowest BCUT2D eigenvalue weighted by molar-refractivity contribution is 1.08. The van der Waals surface area contributed by atoms with E-state index in [1.165, 1.54) is 0 Å². The Balaban J connectivity index is 2.79. The van der Waals surface area contributed by atoms with Gasteiger partial charge in [-0.2, -0.15) is 5.26 Å². The van der Waals surface area contributed by atoms with Gasteiger partial charge < -0.3 is 4.98 Å². The number of hydrogen-bond donors (Lipinski definition) is 2. The Kier molecular flexibility index (Phi) is 3.53. The molecule has 18 heavy (non-hydrogen) atoms. The zero-order valence-corrected chi connectivity index (χ0v) is 11.1. The van der Waals surface area contributed by atoms with Crippen LogP contribution in [0.15, 0.2) is 23.0 Å². The van der Waals surface area contributed by atoms with E-state index in [1.54, 1.807) is 18.2 Å². The van der Waals surface area contributed by atoms with Crippen LogP contribution in [-0.4, -0.2) is 9.97 Å². The first-order valence-electron chi connectivity index (χ1n) is 4.75. The third-order valence-electron chi connectivity index (χ3n) is 2.26. The van der Waals surface area contributed by atoms with Gasteiger partial charge in [-0.25, -0.2) is 0 Å². The van der Waals surface area contributed by atoms with Crippen LogP contribution in [0.2, 0.25) is 10.0 Å². The number of aromatic amines is 2. The molecule has 1 heterocycles. The minimum absolute atomic E-state index is 0.0537. The molecule has 0 aliphatic rings. The average Bonchev–Trinajstić information content (AvgIpc) is 2.32. The van der Waals surface area contributed by atoms with E-state index in [1.807, 2.05) is 6.07 Å². The Hall–Kier alpha value is -1.61. The Morgan fingerprint density at radius 2 is 1.94 bits per heavy atom. The number of rotatable bonds is 1. The van der Waals surface area contributed by atoms with E-state index < -0.39 is 5.56 Å². The maximum absolute atomic E-state index is 11.6. The van der Waals surface area contributed by atoms with Crippen LogP contribution < -0.4 is 5.56 Å². The molecular formula is C11H5Cl2N3OS.